The molecule has 1 saturated heterocycles. The van der Waals surface area contributed by atoms with Crippen LogP contribution in [0.2, 0.25) is 0 Å². The minimum Gasteiger partial charge on any atom is -0.374 e. The van der Waals surface area contributed by atoms with Crippen molar-refractivity contribution in [2.75, 3.05) is 26.7 Å². The molecule has 0 aromatic rings. The van der Waals surface area contributed by atoms with E-state index in [-0.39, 0.29) is 12.1 Å². The van der Waals surface area contributed by atoms with Crippen molar-refractivity contribution >= 4 is 0 Å². The number of nitrogens with one attached hydrogen (secondary N) is 1. The van der Waals surface area contributed by atoms with E-state index in [9.17, 15) is 0 Å². The summed E-state index contributed by atoms with van der Waals surface area (Å²) in [6.45, 7) is 8.62. The SMILES string of the molecule is C=C(C)CC(NN)C1CN(C)CCO1. The number of likely N-dealkylation sites (N-methyl/N-ethyl adjacent to an activating group) is 1. The van der Waals surface area contributed by atoms with Gasteiger partial charge >= 0.3 is 0 Å². The molecule has 0 aromatic carbocycles. The molecule has 1 heterocycles. The number of nitrogens with two attached hydrogens (primary N) is 1. The largest absolute Gasteiger partial charge is 0.374 e. The van der Waals surface area contributed by atoms with Gasteiger partial charge in [-0.2, -0.15) is 0 Å². The third-order valence-corrected chi connectivity index (χ3v) is 2.53. The zero-order valence-electron chi connectivity index (χ0n) is 9.12. The molecule has 82 valence electrons. The molecule has 1 aliphatic heterocycles. The Bertz CT molecular complexity index is 196. The first-order valence-electron chi connectivity index (χ1n) is 5.04. The molecule has 0 aromatic heterocycles. The van der Waals surface area contributed by atoms with Crippen LogP contribution < -0.4 is 11.3 Å². The molecule has 0 amide bonds. The van der Waals surface area contributed by atoms with Gasteiger partial charge in [-0.1, -0.05) is 5.57 Å². The lowest BCUT2D eigenvalue weighted by atomic mass is 10.0. The van der Waals surface area contributed by atoms with Gasteiger partial charge in [-0.25, -0.2) is 0 Å². The number of rotatable bonds is 4. The summed E-state index contributed by atoms with van der Waals surface area (Å²) in [7, 11) is 2.10. The van der Waals surface area contributed by atoms with Crippen molar-refractivity contribution in [3.63, 3.8) is 0 Å². The summed E-state index contributed by atoms with van der Waals surface area (Å²) in [5, 5.41) is 0. The van der Waals surface area contributed by atoms with Crippen LogP contribution in [-0.2, 0) is 4.74 Å². The van der Waals surface area contributed by atoms with Crippen LogP contribution in [0.3, 0.4) is 0 Å². The number of ether oxygens (including phenoxy) is 1. The number of hydrazine groups is 1. The van der Waals surface area contributed by atoms with Crippen molar-refractivity contribution in [2.45, 2.75) is 25.5 Å². The fourth-order valence-electron chi connectivity index (χ4n) is 1.73. The maximum Gasteiger partial charge on any atom is 0.0871 e. The number of hydrogen-bond acceptors (Lipinski definition) is 4. The molecular weight excluding hydrogens is 178 g/mol. The highest BCUT2D eigenvalue weighted by Crippen LogP contribution is 2.12. The molecule has 0 spiro atoms. The molecule has 1 rings (SSSR count). The van der Waals surface area contributed by atoms with Gasteiger partial charge in [-0.15, -0.1) is 6.58 Å². The maximum atomic E-state index is 5.68. The summed E-state index contributed by atoms with van der Waals surface area (Å²) < 4.78 is 5.68. The van der Waals surface area contributed by atoms with Crippen molar-refractivity contribution in [3.8, 4) is 0 Å². The highest BCUT2D eigenvalue weighted by Gasteiger charge is 2.25. The summed E-state index contributed by atoms with van der Waals surface area (Å²) >= 11 is 0. The van der Waals surface area contributed by atoms with Crippen molar-refractivity contribution in [1.29, 1.82) is 0 Å². The molecule has 1 aliphatic rings. The van der Waals surface area contributed by atoms with Crippen LogP contribution in [0.25, 0.3) is 0 Å². The minimum atomic E-state index is 0.176. The molecule has 14 heavy (non-hydrogen) atoms. The second-order valence-electron chi connectivity index (χ2n) is 4.11. The molecule has 2 unspecified atom stereocenters. The Morgan fingerprint density at radius 3 is 3.00 bits per heavy atom. The Morgan fingerprint density at radius 2 is 2.50 bits per heavy atom. The van der Waals surface area contributed by atoms with Crippen LogP contribution in [0.5, 0.6) is 0 Å². The zero-order chi connectivity index (χ0) is 10.6. The zero-order valence-corrected chi connectivity index (χ0v) is 9.12. The predicted molar refractivity (Wildman–Crippen MR) is 57.8 cm³/mol. The van der Waals surface area contributed by atoms with Crippen LogP contribution in [0, 0.1) is 0 Å². The number of nitrogens with zero attached hydrogens (tertiary/aromatic N) is 1. The second kappa shape index (κ2) is 5.46. The monoisotopic (exact) mass is 199 g/mol. The summed E-state index contributed by atoms with van der Waals surface area (Å²) in [6, 6.07) is 0.176. The molecular formula is C10H21N3O. The van der Waals surface area contributed by atoms with Crippen molar-refractivity contribution in [3.05, 3.63) is 12.2 Å². The standard InChI is InChI=1S/C10H21N3O/c1-8(2)6-9(12-11)10-7-13(3)4-5-14-10/h9-10,12H,1,4-7,11H2,2-3H3. The van der Waals surface area contributed by atoms with Crippen LogP contribution in [0.4, 0.5) is 0 Å². The highest BCUT2D eigenvalue weighted by molar-refractivity contribution is 4.96. The maximum absolute atomic E-state index is 5.68. The number of morpholine rings is 1. The Morgan fingerprint density at radius 1 is 1.79 bits per heavy atom. The Labute approximate surface area is 86.1 Å². The smallest absolute Gasteiger partial charge is 0.0871 e. The average Bonchev–Trinajstić information content (AvgIpc) is 2.14. The summed E-state index contributed by atoms with van der Waals surface area (Å²) in [6.07, 6.45) is 1.05. The molecule has 0 bridgehead atoms. The van der Waals surface area contributed by atoms with Crippen LogP contribution in [0.15, 0.2) is 12.2 Å². The third-order valence-electron chi connectivity index (χ3n) is 2.53. The lowest BCUT2D eigenvalue weighted by Gasteiger charge is -2.34. The quantitative estimate of drug-likeness (QED) is 0.383. The fourth-order valence-corrected chi connectivity index (χ4v) is 1.73. The molecule has 1 fully saturated rings. The van der Waals surface area contributed by atoms with Crippen LogP contribution >= 0.6 is 0 Å². The molecule has 3 N–H and O–H groups in total. The van der Waals surface area contributed by atoms with E-state index in [1.807, 2.05) is 6.92 Å². The van der Waals surface area contributed by atoms with E-state index in [0.29, 0.717) is 0 Å². The van der Waals surface area contributed by atoms with Gasteiger partial charge in [0.15, 0.2) is 0 Å². The van der Waals surface area contributed by atoms with E-state index in [0.717, 1.165) is 31.7 Å². The van der Waals surface area contributed by atoms with Gasteiger partial charge in [-0.05, 0) is 20.4 Å². The average molecular weight is 199 g/mol. The van der Waals surface area contributed by atoms with Gasteiger partial charge in [0.05, 0.1) is 18.8 Å². The first kappa shape index (κ1) is 11.7. The minimum absolute atomic E-state index is 0.176. The lowest BCUT2D eigenvalue weighted by molar-refractivity contribution is -0.0384. The molecule has 4 heteroatoms. The van der Waals surface area contributed by atoms with E-state index in [1.165, 1.54) is 0 Å². The molecule has 0 saturated carbocycles. The van der Waals surface area contributed by atoms with Crippen LogP contribution in [-0.4, -0.2) is 43.8 Å². The Kier molecular flexibility index (Phi) is 4.54. The number of hydrogen-bond donors (Lipinski definition) is 2. The van der Waals surface area contributed by atoms with E-state index >= 15 is 0 Å². The van der Waals surface area contributed by atoms with Gasteiger partial charge in [-0.3, -0.25) is 11.3 Å². The van der Waals surface area contributed by atoms with Crippen molar-refractivity contribution in [1.82, 2.24) is 10.3 Å². The second-order valence-corrected chi connectivity index (χ2v) is 4.11. The Balaban J connectivity index is 2.46. The normalized spacial score (nSPS) is 26.1. The van der Waals surface area contributed by atoms with Gasteiger partial charge < -0.3 is 9.64 Å². The predicted octanol–water partition coefficient (Wildman–Crippen LogP) is 0.115. The van der Waals surface area contributed by atoms with Crippen molar-refractivity contribution in [2.24, 2.45) is 5.84 Å². The summed E-state index contributed by atoms with van der Waals surface area (Å²) in [5.41, 5.74) is 3.94. The molecule has 2 atom stereocenters. The van der Waals surface area contributed by atoms with E-state index in [2.05, 4.69) is 24.0 Å². The van der Waals surface area contributed by atoms with Crippen molar-refractivity contribution < 1.29 is 4.74 Å². The molecule has 0 radical (unpaired) electrons. The Hall–Kier alpha value is -0.420. The summed E-state index contributed by atoms with van der Waals surface area (Å²) in [4.78, 5) is 2.26. The highest BCUT2D eigenvalue weighted by atomic mass is 16.5. The topological polar surface area (TPSA) is 50.5 Å². The third kappa shape index (κ3) is 3.38. The van der Waals surface area contributed by atoms with E-state index in [1.54, 1.807) is 0 Å². The van der Waals surface area contributed by atoms with E-state index < -0.39 is 0 Å². The summed E-state index contributed by atoms with van der Waals surface area (Å²) in [5.74, 6) is 5.51. The first-order valence-corrected chi connectivity index (χ1v) is 5.04. The van der Waals surface area contributed by atoms with Gasteiger partial charge in [0, 0.05) is 13.1 Å². The molecule has 4 nitrogen and oxygen atoms in total. The fraction of sp³-hybridized carbons (Fsp3) is 0.800. The van der Waals surface area contributed by atoms with E-state index in [4.69, 9.17) is 10.6 Å². The molecule has 0 aliphatic carbocycles. The lowest BCUT2D eigenvalue weighted by Crippen LogP contribution is -2.53. The van der Waals surface area contributed by atoms with Gasteiger partial charge in [0.25, 0.3) is 0 Å². The van der Waals surface area contributed by atoms with Gasteiger partial charge in [0.1, 0.15) is 0 Å². The first-order chi connectivity index (χ1) is 6.63. The van der Waals surface area contributed by atoms with Crippen LogP contribution in [0.1, 0.15) is 13.3 Å². The van der Waals surface area contributed by atoms with Gasteiger partial charge in [0.2, 0.25) is 0 Å².